The molecule has 0 saturated carbocycles. The van der Waals surface area contributed by atoms with E-state index in [4.69, 9.17) is 4.74 Å². The lowest BCUT2D eigenvalue weighted by molar-refractivity contribution is -0.384. The maximum absolute atomic E-state index is 12.5. The van der Waals surface area contributed by atoms with E-state index in [1.54, 1.807) is 24.7 Å². The van der Waals surface area contributed by atoms with E-state index in [9.17, 15) is 19.7 Å². The highest BCUT2D eigenvalue weighted by atomic mass is 32.1. The highest BCUT2D eigenvalue weighted by Gasteiger charge is 2.16. The fourth-order valence-electron chi connectivity index (χ4n) is 2.42. The Labute approximate surface area is 156 Å². The second kappa shape index (κ2) is 7.11. The summed E-state index contributed by atoms with van der Waals surface area (Å²) >= 11 is 1.07. The fraction of sp³-hybridized carbons (Fsp3) is 0.250. The predicted octanol–water partition coefficient (Wildman–Crippen LogP) is 1.57. The number of esters is 1. The van der Waals surface area contributed by atoms with Gasteiger partial charge in [0.25, 0.3) is 11.6 Å². The Morgan fingerprint density at radius 2 is 2.11 bits per heavy atom. The van der Waals surface area contributed by atoms with Crippen LogP contribution in [0.1, 0.15) is 16.2 Å². The van der Waals surface area contributed by atoms with Crippen LogP contribution in [0, 0.1) is 17.0 Å². The van der Waals surface area contributed by atoms with Crippen molar-refractivity contribution in [3.8, 4) is 0 Å². The minimum Gasteiger partial charge on any atom is -0.468 e. The van der Waals surface area contributed by atoms with E-state index < -0.39 is 16.8 Å². The van der Waals surface area contributed by atoms with Crippen LogP contribution in [0.15, 0.2) is 29.3 Å². The van der Waals surface area contributed by atoms with Crippen LogP contribution in [0.4, 0.5) is 5.69 Å². The largest absolute Gasteiger partial charge is 0.468 e. The van der Waals surface area contributed by atoms with Crippen LogP contribution in [-0.4, -0.2) is 38.3 Å². The number of nitro groups is 1. The number of carbonyl (C=O) groups is 2. The average Bonchev–Trinajstić information content (AvgIpc) is 3.14. The van der Waals surface area contributed by atoms with Crippen molar-refractivity contribution in [2.45, 2.75) is 13.5 Å². The highest BCUT2D eigenvalue weighted by molar-refractivity contribution is 7.16. The van der Waals surface area contributed by atoms with E-state index >= 15 is 0 Å². The summed E-state index contributed by atoms with van der Waals surface area (Å²) in [6.07, 6.45) is 0. The zero-order valence-corrected chi connectivity index (χ0v) is 15.5. The van der Waals surface area contributed by atoms with Crippen molar-refractivity contribution < 1.29 is 19.2 Å². The first kappa shape index (κ1) is 18.5. The number of hydrogen-bond acceptors (Lipinski definition) is 7. The van der Waals surface area contributed by atoms with E-state index in [1.807, 2.05) is 0 Å². The highest BCUT2D eigenvalue weighted by Crippen LogP contribution is 2.23. The number of non-ortho nitro benzene ring substituents is 1. The monoisotopic (exact) mass is 389 g/mol. The molecule has 0 aliphatic rings. The van der Waals surface area contributed by atoms with Crippen molar-refractivity contribution in [3.63, 3.8) is 0 Å². The van der Waals surface area contributed by atoms with Crippen molar-refractivity contribution in [1.29, 1.82) is 0 Å². The Morgan fingerprint density at radius 3 is 2.70 bits per heavy atom. The summed E-state index contributed by atoms with van der Waals surface area (Å²) in [4.78, 5) is 39.0. The Bertz CT molecular complexity index is 1120. The average molecular weight is 389 g/mol. The van der Waals surface area contributed by atoms with Crippen molar-refractivity contribution in [2.24, 2.45) is 12.0 Å². The van der Waals surface area contributed by atoms with Gasteiger partial charge in [-0.3, -0.25) is 24.4 Å². The molecular weight excluding hydrogens is 374 g/mol. The van der Waals surface area contributed by atoms with Gasteiger partial charge in [-0.05, 0) is 19.1 Å². The molecule has 0 spiro atoms. The SMILES string of the molecule is COC(=O)Cn1c(=NC(=O)c2cc(C)n(C)n2)sc2cc([N+](=O)[O-])ccc21. The lowest BCUT2D eigenvalue weighted by Crippen LogP contribution is -2.22. The summed E-state index contributed by atoms with van der Waals surface area (Å²) in [6, 6.07) is 5.83. The third-order valence-corrected chi connectivity index (χ3v) is 4.96. The second-order valence-corrected chi connectivity index (χ2v) is 6.68. The number of carbonyl (C=O) groups excluding carboxylic acids is 2. The van der Waals surface area contributed by atoms with Gasteiger partial charge >= 0.3 is 5.97 Å². The number of aryl methyl sites for hydroxylation is 2. The number of thiazole rings is 1. The number of benzene rings is 1. The van der Waals surface area contributed by atoms with Gasteiger partial charge in [0.15, 0.2) is 10.5 Å². The molecule has 0 bridgehead atoms. The van der Waals surface area contributed by atoms with Crippen LogP contribution in [0.3, 0.4) is 0 Å². The fourth-order valence-corrected chi connectivity index (χ4v) is 3.48. The first-order valence-electron chi connectivity index (χ1n) is 7.74. The molecule has 0 fully saturated rings. The third kappa shape index (κ3) is 3.62. The van der Waals surface area contributed by atoms with Crippen molar-refractivity contribution in [3.05, 3.63) is 50.6 Å². The molecule has 0 aliphatic carbocycles. The number of rotatable bonds is 4. The van der Waals surface area contributed by atoms with Gasteiger partial charge < -0.3 is 9.30 Å². The normalized spacial score (nSPS) is 11.7. The Balaban J connectivity index is 2.16. The lowest BCUT2D eigenvalue weighted by Gasteiger charge is -2.03. The molecule has 0 radical (unpaired) electrons. The molecule has 1 amide bonds. The van der Waals surface area contributed by atoms with Gasteiger partial charge in [0, 0.05) is 24.9 Å². The Morgan fingerprint density at radius 1 is 1.37 bits per heavy atom. The molecule has 0 saturated heterocycles. The smallest absolute Gasteiger partial charge is 0.325 e. The van der Waals surface area contributed by atoms with Gasteiger partial charge in [-0.1, -0.05) is 11.3 Å². The first-order valence-corrected chi connectivity index (χ1v) is 8.56. The molecular formula is C16H15N5O5S. The molecule has 1 aromatic carbocycles. The number of amides is 1. The molecule has 11 heteroatoms. The van der Waals surface area contributed by atoms with Crippen LogP contribution in [-0.2, 0) is 23.1 Å². The lowest BCUT2D eigenvalue weighted by atomic mass is 10.3. The minimum atomic E-state index is -0.571. The van der Waals surface area contributed by atoms with E-state index in [0.717, 1.165) is 17.0 Å². The topological polar surface area (TPSA) is 122 Å². The van der Waals surface area contributed by atoms with Crippen molar-refractivity contribution >= 4 is 39.1 Å². The van der Waals surface area contributed by atoms with Crippen molar-refractivity contribution in [1.82, 2.24) is 14.3 Å². The zero-order valence-electron chi connectivity index (χ0n) is 14.7. The number of nitrogens with zero attached hydrogens (tertiary/aromatic N) is 5. The standard InChI is InChI=1S/C16H15N5O5S/c1-9-6-11(18-19(9)2)15(23)17-16-20(8-14(22)26-3)12-5-4-10(21(24)25)7-13(12)27-16/h4-7H,8H2,1-3H3. The van der Waals surface area contributed by atoms with Gasteiger partial charge in [0.2, 0.25) is 0 Å². The first-order chi connectivity index (χ1) is 12.8. The molecule has 0 N–H and O–H groups in total. The van der Waals surface area contributed by atoms with E-state index in [1.165, 1.54) is 29.9 Å². The predicted molar refractivity (Wildman–Crippen MR) is 96.3 cm³/mol. The molecule has 3 rings (SSSR count). The van der Waals surface area contributed by atoms with Crippen LogP contribution < -0.4 is 4.80 Å². The quantitative estimate of drug-likeness (QED) is 0.379. The summed E-state index contributed by atoms with van der Waals surface area (Å²) in [5, 5.41) is 15.1. The van der Waals surface area contributed by atoms with Crippen LogP contribution in [0.5, 0.6) is 0 Å². The van der Waals surface area contributed by atoms with Crippen LogP contribution in [0.2, 0.25) is 0 Å². The number of fused-ring (bicyclic) bond motifs is 1. The molecule has 2 heterocycles. The van der Waals surface area contributed by atoms with Gasteiger partial charge in [-0.25, -0.2) is 0 Å². The molecule has 0 unspecified atom stereocenters. The van der Waals surface area contributed by atoms with Gasteiger partial charge in [-0.15, -0.1) is 0 Å². The molecule has 3 aromatic rings. The summed E-state index contributed by atoms with van der Waals surface area (Å²) in [5.41, 5.74) is 1.41. The summed E-state index contributed by atoms with van der Waals surface area (Å²) < 4.78 is 8.26. The minimum absolute atomic E-state index is 0.0906. The number of hydrogen-bond donors (Lipinski definition) is 0. The maximum Gasteiger partial charge on any atom is 0.325 e. The molecule has 0 atom stereocenters. The van der Waals surface area contributed by atoms with Crippen molar-refractivity contribution in [2.75, 3.05) is 7.11 Å². The summed E-state index contributed by atoms with van der Waals surface area (Å²) in [7, 11) is 2.96. The summed E-state index contributed by atoms with van der Waals surface area (Å²) in [5.74, 6) is -1.10. The van der Waals surface area contributed by atoms with Gasteiger partial charge in [0.1, 0.15) is 6.54 Å². The summed E-state index contributed by atoms with van der Waals surface area (Å²) in [6.45, 7) is 1.63. The van der Waals surface area contributed by atoms with E-state index in [-0.39, 0.29) is 22.7 Å². The van der Waals surface area contributed by atoms with Gasteiger partial charge in [0.05, 0.1) is 22.2 Å². The molecule has 140 valence electrons. The third-order valence-electron chi connectivity index (χ3n) is 3.92. The molecule has 0 aliphatic heterocycles. The number of aromatic nitrogens is 3. The Hall–Kier alpha value is -3.34. The van der Waals surface area contributed by atoms with E-state index in [2.05, 4.69) is 10.1 Å². The van der Waals surface area contributed by atoms with Crippen LogP contribution >= 0.6 is 11.3 Å². The maximum atomic E-state index is 12.5. The second-order valence-electron chi connectivity index (χ2n) is 5.67. The molecule has 27 heavy (non-hydrogen) atoms. The zero-order chi connectivity index (χ0) is 19.7. The molecule has 10 nitrogen and oxygen atoms in total. The number of nitro benzene ring substituents is 1. The van der Waals surface area contributed by atoms with Gasteiger partial charge in [-0.2, -0.15) is 10.1 Å². The molecule has 2 aromatic heterocycles. The van der Waals surface area contributed by atoms with E-state index in [0.29, 0.717) is 10.2 Å². The Kier molecular flexibility index (Phi) is 4.86. The number of methoxy groups -OCH3 is 1. The van der Waals surface area contributed by atoms with Crippen LogP contribution in [0.25, 0.3) is 10.2 Å². The number of ether oxygens (including phenoxy) is 1.